The van der Waals surface area contributed by atoms with Crippen LogP contribution in [0.1, 0.15) is 34.5 Å². The Kier molecular flexibility index (Phi) is 3.99. The molecule has 0 amide bonds. The monoisotopic (exact) mass is 351 g/mol. The van der Waals surface area contributed by atoms with Crippen LogP contribution in [0.4, 0.5) is 17.5 Å². The molecular formula is C19H21N5O2. The number of benzene rings is 1. The maximum atomic E-state index is 11.1. The molecule has 1 saturated heterocycles. The first-order chi connectivity index (χ1) is 12.5. The molecule has 0 radical (unpaired) electrons. The summed E-state index contributed by atoms with van der Waals surface area (Å²) in [6.07, 6.45) is 2.31. The van der Waals surface area contributed by atoms with Gasteiger partial charge in [-0.05, 0) is 56.5 Å². The van der Waals surface area contributed by atoms with Crippen molar-refractivity contribution in [3.8, 4) is 0 Å². The van der Waals surface area contributed by atoms with Crippen molar-refractivity contribution in [2.24, 2.45) is 0 Å². The number of H-pyrrole nitrogens is 1. The molecule has 134 valence electrons. The van der Waals surface area contributed by atoms with Crippen LogP contribution in [0.2, 0.25) is 0 Å². The molecule has 7 nitrogen and oxygen atoms in total. The summed E-state index contributed by atoms with van der Waals surface area (Å²) in [6.45, 7) is 5.82. The number of hydrogen-bond acceptors (Lipinski definition) is 5. The number of nitrogens with one attached hydrogen (secondary N) is 2. The third-order valence-electron chi connectivity index (χ3n) is 4.73. The Hall–Kier alpha value is -3.09. The lowest BCUT2D eigenvalue weighted by Crippen LogP contribution is -2.20. The maximum absolute atomic E-state index is 11.1. The van der Waals surface area contributed by atoms with Crippen LogP contribution >= 0.6 is 0 Å². The van der Waals surface area contributed by atoms with Gasteiger partial charge in [-0.1, -0.05) is 0 Å². The van der Waals surface area contributed by atoms with Crippen LogP contribution in [0.25, 0.3) is 11.0 Å². The minimum absolute atomic E-state index is 0.274. The van der Waals surface area contributed by atoms with E-state index in [4.69, 9.17) is 10.1 Å². The first-order valence-corrected chi connectivity index (χ1v) is 8.74. The van der Waals surface area contributed by atoms with E-state index in [1.807, 2.05) is 19.9 Å². The van der Waals surface area contributed by atoms with Crippen LogP contribution in [0.3, 0.4) is 0 Å². The Labute approximate surface area is 151 Å². The average molecular weight is 351 g/mol. The predicted octanol–water partition coefficient (Wildman–Crippen LogP) is 3.62. The van der Waals surface area contributed by atoms with Gasteiger partial charge >= 0.3 is 5.97 Å². The predicted molar refractivity (Wildman–Crippen MR) is 101 cm³/mol. The Bertz CT molecular complexity index is 989. The van der Waals surface area contributed by atoms with Gasteiger partial charge < -0.3 is 20.3 Å². The zero-order chi connectivity index (χ0) is 18.3. The fraction of sp³-hybridized carbons (Fsp3) is 0.316. The standard InChI is InChI=1S/C19H21N5O2/c1-11-9-13(18(25)26)5-6-15(11)21-17-14-10-12(2)20-16(14)22-19(23-17)24-7-3-4-8-24/h5-6,9-10H,3-4,7-8H2,1-2H3,(H,25,26)(H2,20,21,22,23). The highest BCUT2D eigenvalue weighted by atomic mass is 16.4. The number of aryl methyl sites for hydroxylation is 2. The molecule has 0 saturated carbocycles. The lowest BCUT2D eigenvalue weighted by Gasteiger charge is -2.17. The van der Waals surface area contributed by atoms with E-state index in [2.05, 4.69) is 20.2 Å². The summed E-state index contributed by atoms with van der Waals surface area (Å²) >= 11 is 0. The second-order valence-electron chi connectivity index (χ2n) is 6.74. The number of carbonyl (C=O) groups is 1. The molecule has 3 N–H and O–H groups in total. The van der Waals surface area contributed by atoms with Crippen LogP contribution in [-0.4, -0.2) is 39.1 Å². The van der Waals surface area contributed by atoms with Crippen molar-refractivity contribution < 1.29 is 9.90 Å². The lowest BCUT2D eigenvalue weighted by molar-refractivity contribution is 0.0697. The number of aromatic amines is 1. The average Bonchev–Trinajstić information content (AvgIpc) is 3.25. The zero-order valence-corrected chi connectivity index (χ0v) is 14.8. The second-order valence-corrected chi connectivity index (χ2v) is 6.74. The van der Waals surface area contributed by atoms with E-state index in [1.165, 1.54) is 0 Å². The third kappa shape index (κ3) is 2.96. The molecule has 4 rings (SSSR count). The fourth-order valence-electron chi connectivity index (χ4n) is 3.35. The number of carboxylic acid groups (broad SMARTS) is 1. The number of hydrogen-bond donors (Lipinski definition) is 3. The molecular weight excluding hydrogens is 330 g/mol. The van der Waals surface area contributed by atoms with E-state index >= 15 is 0 Å². The molecule has 0 atom stereocenters. The molecule has 1 aliphatic rings. The number of carboxylic acids is 1. The topological polar surface area (TPSA) is 94.1 Å². The number of fused-ring (bicyclic) bond motifs is 1. The lowest BCUT2D eigenvalue weighted by atomic mass is 10.1. The Morgan fingerprint density at radius 1 is 1.19 bits per heavy atom. The summed E-state index contributed by atoms with van der Waals surface area (Å²) in [5, 5.41) is 13.4. The van der Waals surface area contributed by atoms with Gasteiger partial charge in [-0.2, -0.15) is 9.97 Å². The Morgan fingerprint density at radius 2 is 1.96 bits per heavy atom. The molecule has 1 fully saturated rings. The normalized spacial score (nSPS) is 14.2. The number of rotatable bonds is 4. The molecule has 1 aliphatic heterocycles. The highest BCUT2D eigenvalue weighted by molar-refractivity contribution is 5.92. The Morgan fingerprint density at radius 3 is 2.65 bits per heavy atom. The highest BCUT2D eigenvalue weighted by Crippen LogP contribution is 2.29. The van der Waals surface area contributed by atoms with Crippen molar-refractivity contribution in [1.82, 2.24) is 15.0 Å². The van der Waals surface area contributed by atoms with Gasteiger partial charge in [-0.25, -0.2) is 4.79 Å². The zero-order valence-electron chi connectivity index (χ0n) is 14.8. The SMILES string of the molecule is Cc1cc2c(Nc3ccc(C(=O)O)cc3C)nc(N3CCCC3)nc2[nH]1. The van der Waals surface area contributed by atoms with Crippen molar-refractivity contribution in [2.75, 3.05) is 23.3 Å². The highest BCUT2D eigenvalue weighted by Gasteiger charge is 2.19. The van der Waals surface area contributed by atoms with E-state index in [1.54, 1.807) is 18.2 Å². The summed E-state index contributed by atoms with van der Waals surface area (Å²) in [5.41, 5.74) is 3.79. The van der Waals surface area contributed by atoms with Gasteiger partial charge in [-0.3, -0.25) is 0 Å². The molecule has 0 unspecified atom stereocenters. The molecule has 7 heteroatoms. The summed E-state index contributed by atoms with van der Waals surface area (Å²) in [6, 6.07) is 7.06. The number of anilines is 3. The van der Waals surface area contributed by atoms with E-state index in [0.717, 1.165) is 65.7 Å². The van der Waals surface area contributed by atoms with Gasteiger partial charge in [0.1, 0.15) is 11.5 Å². The van der Waals surface area contributed by atoms with Crippen molar-refractivity contribution in [3.05, 3.63) is 41.1 Å². The van der Waals surface area contributed by atoms with Crippen LogP contribution in [0, 0.1) is 13.8 Å². The molecule has 3 heterocycles. The van der Waals surface area contributed by atoms with E-state index in [0.29, 0.717) is 0 Å². The van der Waals surface area contributed by atoms with Crippen molar-refractivity contribution in [2.45, 2.75) is 26.7 Å². The number of nitrogens with zero attached hydrogens (tertiary/aromatic N) is 3. The molecule has 0 aliphatic carbocycles. The van der Waals surface area contributed by atoms with E-state index in [9.17, 15) is 4.79 Å². The Balaban J connectivity index is 1.76. The molecule has 1 aromatic carbocycles. The van der Waals surface area contributed by atoms with Crippen LogP contribution in [0.5, 0.6) is 0 Å². The van der Waals surface area contributed by atoms with Crippen LogP contribution in [-0.2, 0) is 0 Å². The molecule has 0 spiro atoms. The largest absolute Gasteiger partial charge is 0.478 e. The quantitative estimate of drug-likeness (QED) is 0.665. The summed E-state index contributed by atoms with van der Waals surface area (Å²) < 4.78 is 0. The van der Waals surface area contributed by atoms with E-state index < -0.39 is 5.97 Å². The van der Waals surface area contributed by atoms with Crippen LogP contribution in [0.15, 0.2) is 24.3 Å². The number of aromatic nitrogens is 3. The third-order valence-corrected chi connectivity index (χ3v) is 4.73. The van der Waals surface area contributed by atoms with Crippen LogP contribution < -0.4 is 10.2 Å². The van der Waals surface area contributed by atoms with Crippen molar-refractivity contribution in [3.63, 3.8) is 0 Å². The smallest absolute Gasteiger partial charge is 0.335 e. The molecule has 0 bridgehead atoms. The van der Waals surface area contributed by atoms with Crippen molar-refractivity contribution >= 4 is 34.5 Å². The minimum Gasteiger partial charge on any atom is -0.478 e. The first kappa shape index (κ1) is 16.4. The van der Waals surface area contributed by atoms with Gasteiger partial charge in [0, 0.05) is 24.5 Å². The van der Waals surface area contributed by atoms with Gasteiger partial charge in [-0.15, -0.1) is 0 Å². The van der Waals surface area contributed by atoms with Crippen molar-refractivity contribution in [1.29, 1.82) is 0 Å². The molecule has 3 aromatic rings. The molecule has 26 heavy (non-hydrogen) atoms. The van der Waals surface area contributed by atoms with E-state index in [-0.39, 0.29) is 5.56 Å². The van der Waals surface area contributed by atoms with Gasteiger partial charge in [0.25, 0.3) is 0 Å². The second kappa shape index (κ2) is 6.33. The van der Waals surface area contributed by atoms with Gasteiger partial charge in [0.05, 0.1) is 10.9 Å². The fourth-order valence-corrected chi connectivity index (χ4v) is 3.35. The summed E-state index contributed by atoms with van der Waals surface area (Å²) in [5.74, 6) is 0.522. The first-order valence-electron chi connectivity index (χ1n) is 8.74. The maximum Gasteiger partial charge on any atom is 0.335 e. The number of aromatic carboxylic acids is 1. The molecule has 2 aromatic heterocycles. The summed E-state index contributed by atoms with van der Waals surface area (Å²) in [4.78, 5) is 26.1. The minimum atomic E-state index is -0.929. The summed E-state index contributed by atoms with van der Waals surface area (Å²) in [7, 11) is 0. The van der Waals surface area contributed by atoms with Gasteiger partial charge in [0.15, 0.2) is 0 Å². The van der Waals surface area contributed by atoms with Gasteiger partial charge in [0.2, 0.25) is 5.95 Å².